The Hall–Kier alpha value is -2.36. The van der Waals surface area contributed by atoms with Gasteiger partial charge in [0.05, 0.1) is 14.2 Å². The fourth-order valence-corrected chi connectivity index (χ4v) is 2.16. The van der Waals surface area contributed by atoms with Gasteiger partial charge in [-0.15, -0.1) is 0 Å². The van der Waals surface area contributed by atoms with Gasteiger partial charge in [-0.05, 0) is 30.3 Å². The molecule has 0 saturated heterocycles. The lowest BCUT2D eigenvalue weighted by atomic mass is 10.1. The van der Waals surface area contributed by atoms with Crippen molar-refractivity contribution in [2.24, 2.45) is 0 Å². The van der Waals surface area contributed by atoms with E-state index in [0.717, 1.165) is 28.4 Å². The molecule has 0 saturated carbocycles. The van der Waals surface area contributed by atoms with Gasteiger partial charge in [-0.2, -0.15) is 0 Å². The fraction of sp³-hybridized carbons (Fsp3) is 0.200. The summed E-state index contributed by atoms with van der Waals surface area (Å²) in [7, 11) is 3.23. The molecule has 0 unspecified atom stereocenters. The highest BCUT2D eigenvalue weighted by atomic mass is 79.9. The van der Waals surface area contributed by atoms with E-state index in [1.54, 1.807) is 14.2 Å². The molecule has 0 atom stereocenters. The van der Waals surface area contributed by atoms with Gasteiger partial charge in [0.25, 0.3) is 0 Å². The number of halogens is 1. The van der Waals surface area contributed by atoms with Crippen LogP contribution in [0.3, 0.4) is 0 Å². The zero-order valence-electron chi connectivity index (χ0n) is 13.2. The van der Waals surface area contributed by atoms with Gasteiger partial charge in [0.15, 0.2) is 11.5 Å². The molecule has 23 heavy (non-hydrogen) atoms. The minimum absolute atomic E-state index is 0.671. The van der Waals surface area contributed by atoms with E-state index in [4.69, 9.17) is 9.47 Å². The number of ether oxygens (including phenoxy) is 2. The Kier molecular flexibility index (Phi) is 6.60. The van der Waals surface area contributed by atoms with E-state index in [2.05, 4.69) is 39.6 Å². The molecule has 0 amide bonds. The van der Waals surface area contributed by atoms with Gasteiger partial charge < -0.3 is 9.47 Å². The predicted octanol–water partition coefficient (Wildman–Crippen LogP) is 4.24. The van der Waals surface area contributed by atoms with E-state index in [0.29, 0.717) is 11.5 Å². The Labute approximate surface area is 146 Å². The van der Waals surface area contributed by atoms with Crippen molar-refractivity contribution < 1.29 is 9.47 Å². The van der Waals surface area contributed by atoms with Crippen LogP contribution in [0.15, 0.2) is 42.5 Å². The predicted molar refractivity (Wildman–Crippen MR) is 97.3 cm³/mol. The first-order chi connectivity index (χ1) is 11.3. The lowest BCUT2D eigenvalue weighted by Crippen LogP contribution is -1.90. The second-order valence-corrected chi connectivity index (χ2v) is 5.40. The lowest BCUT2D eigenvalue weighted by molar-refractivity contribution is 0.355. The summed E-state index contributed by atoms with van der Waals surface area (Å²) in [6.45, 7) is 0. The normalized spacial score (nSPS) is 9.17. The van der Waals surface area contributed by atoms with E-state index >= 15 is 0 Å². The summed E-state index contributed by atoms with van der Waals surface area (Å²) in [4.78, 5) is 0. The SMILES string of the molecule is COc1ccc(C#Cc2ccccc2C#CCCBr)cc1OC. The molecule has 0 aromatic heterocycles. The Morgan fingerprint density at radius 2 is 1.57 bits per heavy atom. The van der Waals surface area contributed by atoms with Gasteiger partial charge in [-0.25, -0.2) is 0 Å². The zero-order chi connectivity index (χ0) is 16.5. The molecule has 0 aliphatic carbocycles. The van der Waals surface area contributed by atoms with Crippen molar-refractivity contribution in [2.75, 3.05) is 19.5 Å². The molecule has 0 aliphatic heterocycles. The third kappa shape index (κ3) is 4.81. The number of hydrogen-bond donors (Lipinski definition) is 0. The summed E-state index contributed by atoms with van der Waals surface area (Å²) in [5, 5.41) is 0.874. The molecule has 2 aromatic rings. The molecule has 116 valence electrons. The third-order valence-electron chi connectivity index (χ3n) is 3.09. The highest BCUT2D eigenvalue weighted by Crippen LogP contribution is 2.27. The Bertz CT molecular complexity index is 789. The standard InChI is InChI=1S/C20H17BrO2/c1-22-19-13-11-16(15-20(19)23-2)10-12-18-8-4-3-7-17(18)9-5-6-14-21/h3-4,7-8,11,13,15H,6,14H2,1-2H3. The average Bonchev–Trinajstić information content (AvgIpc) is 2.60. The molecule has 2 aromatic carbocycles. The molecule has 0 radical (unpaired) electrons. The summed E-state index contributed by atoms with van der Waals surface area (Å²) in [6, 6.07) is 13.5. The summed E-state index contributed by atoms with van der Waals surface area (Å²) < 4.78 is 10.5. The molecular weight excluding hydrogens is 352 g/mol. The van der Waals surface area contributed by atoms with Crippen LogP contribution in [0.25, 0.3) is 0 Å². The first kappa shape index (κ1) is 17.0. The monoisotopic (exact) mass is 368 g/mol. The van der Waals surface area contributed by atoms with Crippen LogP contribution in [-0.2, 0) is 0 Å². The second-order valence-electron chi connectivity index (χ2n) is 4.61. The van der Waals surface area contributed by atoms with Crippen molar-refractivity contribution in [2.45, 2.75) is 6.42 Å². The van der Waals surface area contributed by atoms with Crippen LogP contribution in [0.5, 0.6) is 11.5 Å². The van der Waals surface area contributed by atoms with Crippen LogP contribution in [0.4, 0.5) is 0 Å². The molecule has 2 rings (SSSR count). The van der Waals surface area contributed by atoms with Crippen LogP contribution < -0.4 is 9.47 Å². The van der Waals surface area contributed by atoms with Crippen LogP contribution in [0.2, 0.25) is 0 Å². The van der Waals surface area contributed by atoms with Gasteiger partial charge >= 0.3 is 0 Å². The van der Waals surface area contributed by atoms with E-state index in [9.17, 15) is 0 Å². The number of methoxy groups -OCH3 is 2. The van der Waals surface area contributed by atoms with Gasteiger partial charge in [-0.1, -0.05) is 51.7 Å². The molecule has 0 aliphatic rings. The Morgan fingerprint density at radius 1 is 0.870 bits per heavy atom. The summed E-state index contributed by atoms with van der Waals surface area (Å²) in [5.41, 5.74) is 2.73. The van der Waals surface area contributed by atoms with Gasteiger partial charge in [0.1, 0.15) is 0 Å². The van der Waals surface area contributed by atoms with Gasteiger partial charge in [-0.3, -0.25) is 0 Å². The topological polar surface area (TPSA) is 18.5 Å². The van der Waals surface area contributed by atoms with Crippen LogP contribution in [0, 0.1) is 23.7 Å². The van der Waals surface area contributed by atoms with Crippen molar-refractivity contribution in [3.05, 3.63) is 59.2 Å². The molecule has 0 fully saturated rings. The van der Waals surface area contributed by atoms with E-state index in [1.807, 2.05) is 42.5 Å². The van der Waals surface area contributed by atoms with Crippen molar-refractivity contribution in [1.82, 2.24) is 0 Å². The third-order valence-corrected chi connectivity index (χ3v) is 3.49. The maximum absolute atomic E-state index is 5.30. The quantitative estimate of drug-likeness (QED) is 0.595. The fourth-order valence-electron chi connectivity index (χ4n) is 1.96. The van der Waals surface area contributed by atoms with Crippen LogP contribution in [-0.4, -0.2) is 19.5 Å². The summed E-state index contributed by atoms with van der Waals surface area (Å²) >= 11 is 3.38. The maximum atomic E-state index is 5.30. The summed E-state index contributed by atoms with van der Waals surface area (Å²) in [6.07, 6.45) is 0.817. The van der Waals surface area contributed by atoms with E-state index in [1.165, 1.54) is 0 Å². The summed E-state index contributed by atoms with van der Waals surface area (Å²) in [5.74, 6) is 14.0. The lowest BCUT2D eigenvalue weighted by Gasteiger charge is -2.06. The van der Waals surface area contributed by atoms with Crippen molar-refractivity contribution in [3.63, 3.8) is 0 Å². The Morgan fingerprint density at radius 3 is 2.22 bits per heavy atom. The largest absolute Gasteiger partial charge is 0.493 e. The second kappa shape index (κ2) is 8.93. The number of rotatable bonds is 3. The van der Waals surface area contributed by atoms with Crippen molar-refractivity contribution >= 4 is 15.9 Å². The molecule has 2 nitrogen and oxygen atoms in total. The minimum atomic E-state index is 0.671. The van der Waals surface area contributed by atoms with E-state index in [-0.39, 0.29) is 0 Å². The van der Waals surface area contributed by atoms with Gasteiger partial charge in [0.2, 0.25) is 0 Å². The highest BCUT2D eigenvalue weighted by Gasteiger charge is 2.03. The molecular formula is C20H17BrO2. The molecule has 0 spiro atoms. The molecule has 0 bridgehead atoms. The number of hydrogen-bond acceptors (Lipinski definition) is 2. The number of alkyl halides is 1. The zero-order valence-corrected chi connectivity index (χ0v) is 14.7. The Balaban J connectivity index is 2.31. The highest BCUT2D eigenvalue weighted by molar-refractivity contribution is 9.09. The molecule has 3 heteroatoms. The van der Waals surface area contributed by atoms with Crippen molar-refractivity contribution in [1.29, 1.82) is 0 Å². The van der Waals surface area contributed by atoms with Crippen LogP contribution in [0.1, 0.15) is 23.1 Å². The molecule has 0 heterocycles. The first-order valence-corrected chi connectivity index (χ1v) is 8.28. The average molecular weight is 369 g/mol. The van der Waals surface area contributed by atoms with Crippen molar-refractivity contribution in [3.8, 4) is 35.2 Å². The molecule has 0 N–H and O–H groups in total. The van der Waals surface area contributed by atoms with Crippen LogP contribution >= 0.6 is 15.9 Å². The number of benzene rings is 2. The van der Waals surface area contributed by atoms with Gasteiger partial charge in [0, 0.05) is 28.4 Å². The first-order valence-electron chi connectivity index (χ1n) is 7.16. The smallest absolute Gasteiger partial charge is 0.161 e. The maximum Gasteiger partial charge on any atom is 0.161 e. The van der Waals surface area contributed by atoms with E-state index < -0.39 is 0 Å². The minimum Gasteiger partial charge on any atom is -0.493 e.